The number of para-hydroxylation sites is 1. The van der Waals surface area contributed by atoms with Gasteiger partial charge in [0.1, 0.15) is 17.9 Å². The molecular formula is C27H28N4O4. The Bertz CT molecular complexity index is 1260. The van der Waals surface area contributed by atoms with Gasteiger partial charge in [0.25, 0.3) is 0 Å². The molecule has 8 nitrogen and oxygen atoms in total. The van der Waals surface area contributed by atoms with Gasteiger partial charge in [0.15, 0.2) is 0 Å². The Kier molecular flexibility index (Phi) is 6.48. The number of hydrogen-bond donors (Lipinski definition) is 2. The smallest absolute Gasteiger partial charge is 0.248 e. The minimum Gasteiger partial charge on any atom is -0.488 e. The predicted octanol–water partition coefficient (Wildman–Crippen LogP) is 2.73. The molecule has 2 N–H and O–H groups in total. The summed E-state index contributed by atoms with van der Waals surface area (Å²) in [7, 11) is 1.82. The maximum atomic E-state index is 13.6. The highest BCUT2D eigenvalue weighted by Gasteiger charge is 2.45. The van der Waals surface area contributed by atoms with Gasteiger partial charge in [-0.2, -0.15) is 0 Å². The number of amides is 2. The van der Waals surface area contributed by atoms with E-state index in [4.69, 9.17) is 4.74 Å². The number of piperidine rings is 1. The van der Waals surface area contributed by atoms with Gasteiger partial charge in [-0.15, -0.1) is 0 Å². The van der Waals surface area contributed by atoms with Crippen LogP contribution in [0.3, 0.4) is 0 Å². The summed E-state index contributed by atoms with van der Waals surface area (Å²) in [5.41, 5.74) is 4.76. The first-order chi connectivity index (χ1) is 17.0. The molecule has 1 fully saturated rings. The molecule has 2 amide bonds. The third-order valence-corrected chi connectivity index (χ3v) is 6.84. The van der Waals surface area contributed by atoms with Crippen LogP contribution in [0.1, 0.15) is 12.0 Å². The standard InChI is InChI=1S/C27H28N4O4/c1-30-17-20(35-24-11-13-28-23-10-6-5-9-21(23)24)15-22(26(32)29-34)25(30)27(33)31-14-12-19(16-31)18-7-3-2-4-8-18/h2-13,20,22,25,34H,14-17H2,1H3,(H,29,32). The Morgan fingerprint density at radius 1 is 1.09 bits per heavy atom. The quantitative estimate of drug-likeness (QED) is 0.438. The van der Waals surface area contributed by atoms with Gasteiger partial charge in [0.05, 0.1) is 11.4 Å². The van der Waals surface area contributed by atoms with E-state index in [-0.39, 0.29) is 12.0 Å². The molecule has 180 valence electrons. The average Bonchev–Trinajstić information content (AvgIpc) is 3.39. The van der Waals surface area contributed by atoms with Gasteiger partial charge in [-0.1, -0.05) is 48.5 Å². The number of ether oxygens (including phenoxy) is 1. The summed E-state index contributed by atoms with van der Waals surface area (Å²) in [6, 6.07) is 18.8. The van der Waals surface area contributed by atoms with Gasteiger partial charge in [-0.05, 0) is 42.8 Å². The van der Waals surface area contributed by atoms with E-state index in [1.165, 1.54) is 0 Å². The van der Waals surface area contributed by atoms with Gasteiger partial charge in [-0.3, -0.25) is 24.7 Å². The maximum absolute atomic E-state index is 13.6. The van der Waals surface area contributed by atoms with Gasteiger partial charge in [-0.25, -0.2) is 5.48 Å². The number of likely N-dealkylation sites (tertiary alicyclic amines) is 1. The van der Waals surface area contributed by atoms with Gasteiger partial charge in [0.2, 0.25) is 11.8 Å². The highest BCUT2D eigenvalue weighted by molar-refractivity contribution is 5.92. The molecular weight excluding hydrogens is 444 g/mol. The van der Waals surface area contributed by atoms with E-state index in [0.29, 0.717) is 31.8 Å². The molecule has 0 spiro atoms. The highest BCUT2D eigenvalue weighted by Crippen LogP contribution is 2.32. The van der Waals surface area contributed by atoms with Crippen molar-refractivity contribution in [3.63, 3.8) is 0 Å². The molecule has 0 saturated carbocycles. The highest BCUT2D eigenvalue weighted by atomic mass is 16.5. The number of pyridine rings is 1. The van der Waals surface area contributed by atoms with Crippen LogP contribution >= 0.6 is 0 Å². The number of hydrogen-bond acceptors (Lipinski definition) is 6. The number of benzene rings is 2. The number of hydroxylamine groups is 1. The van der Waals surface area contributed by atoms with Gasteiger partial charge in [0, 0.05) is 31.2 Å². The molecule has 1 aromatic heterocycles. The zero-order valence-corrected chi connectivity index (χ0v) is 19.5. The molecule has 0 aliphatic carbocycles. The van der Waals surface area contributed by atoms with Crippen LogP contribution in [0.25, 0.3) is 16.5 Å². The normalized spacial score (nSPS) is 22.6. The van der Waals surface area contributed by atoms with E-state index >= 15 is 0 Å². The zero-order chi connectivity index (χ0) is 24.4. The minimum absolute atomic E-state index is 0.129. The second kappa shape index (κ2) is 9.85. The lowest BCUT2D eigenvalue weighted by Crippen LogP contribution is -2.60. The molecule has 2 aliphatic heterocycles. The Morgan fingerprint density at radius 2 is 1.86 bits per heavy atom. The number of nitrogens with one attached hydrogen (secondary N) is 1. The summed E-state index contributed by atoms with van der Waals surface area (Å²) < 4.78 is 6.31. The summed E-state index contributed by atoms with van der Waals surface area (Å²) in [4.78, 5) is 34.3. The summed E-state index contributed by atoms with van der Waals surface area (Å²) >= 11 is 0. The van der Waals surface area contributed by atoms with Crippen LogP contribution in [-0.4, -0.2) is 70.6 Å². The van der Waals surface area contributed by atoms with Crippen LogP contribution in [-0.2, 0) is 9.59 Å². The van der Waals surface area contributed by atoms with Crippen LogP contribution in [0, 0.1) is 5.92 Å². The average molecular weight is 473 g/mol. The molecule has 8 heteroatoms. The molecule has 3 unspecified atom stereocenters. The molecule has 1 saturated heterocycles. The predicted molar refractivity (Wildman–Crippen MR) is 132 cm³/mol. The van der Waals surface area contributed by atoms with Crippen LogP contribution in [0.15, 0.2) is 72.9 Å². The number of aromatic nitrogens is 1. The second-order valence-electron chi connectivity index (χ2n) is 9.08. The molecule has 5 rings (SSSR count). The van der Waals surface area contributed by atoms with E-state index < -0.39 is 17.9 Å². The number of fused-ring (bicyclic) bond motifs is 1. The van der Waals surface area contributed by atoms with Crippen molar-refractivity contribution in [2.24, 2.45) is 5.92 Å². The van der Waals surface area contributed by atoms with Crippen molar-refractivity contribution in [3.8, 4) is 5.75 Å². The van der Waals surface area contributed by atoms with Crippen LogP contribution in [0.2, 0.25) is 0 Å². The zero-order valence-electron chi connectivity index (χ0n) is 19.5. The number of likely N-dealkylation sites (N-methyl/N-ethyl adjacent to an activating group) is 1. The number of carbonyl (C=O) groups is 2. The van der Waals surface area contributed by atoms with Crippen molar-refractivity contribution in [1.29, 1.82) is 0 Å². The molecule has 2 aromatic carbocycles. The Balaban J connectivity index is 1.33. The topological polar surface area (TPSA) is 95.0 Å². The Labute approximate surface area is 203 Å². The summed E-state index contributed by atoms with van der Waals surface area (Å²) in [5.74, 6) is -0.794. The van der Waals surface area contributed by atoms with E-state index in [0.717, 1.165) is 22.0 Å². The first-order valence-electron chi connectivity index (χ1n) is 11.7. The van der Waals surface area contributed by atoms with Crippen molar-refractivity contribution in [1.82, 2.24) is 20.3 Å². The molecule has 0 radical (unpaired) electrons. The third-order valence-electron chi connectivity index (χ3n) is 6.84. The van der Waals surface area contributed by atoms with E-state index in [1.54, 1.807) is 16.6 Å². The van der Waals surface area contributed by atoms with Crippen LogP contribution in [0.4, 0.5) is 0 Å². The molecule has 3 heterocycles. The number of rotatable bonds is 5. The van der Waals surface area contributed by atoms with Crippen molar-refractivity contribution in [3.05, 3.63) is 78.5 Å². The number of nitrogens with zero attached hydrogens (tertiary/aromatic N) is 3. The lowest BCUT2D eigenvalue weighted by Gasteiger charge is -2.42. The summed E-state index contributed by atoms with van der Waals surface area (Å²) in [5, 5.41) is 10.3. The summed E-state index contributed by atoms with van der Waals surface area (Å²) in [6.07, 6.45) is 3.71. The SMILES string of the molecule is CN1CC(Oc2ccnc3ccccc23)CC(C(=O)NO)C1C(=O)N1CC=C(c2ccccc2)C1. The van der Waals surface area contributed by atoms with Crippen LogP contribution < -0.4 is 10.2 Å². The lowest BCUT2D eigenvalue weighted by atomic mass is 9.86. The minimum atomic E-state index is -0.759. The summed E-state index contributed by atoms with van der Waals surface area (Å²) in [6.45, 7) is 1.45. The Hall–Kier alpha value is -3.75. The first-order valence-corrected chi connectivity index (χ1v) is 11.7. The van der Waals surface area contributed by atoms with Crippen LogP contribution in [0.5, 0.6) is 5.75 Å². The van der Waals surface area contributed by atoms with E-state index in [2.05, 4.69) is 11.1 Å². The monoisotopic (exact) mass is 472 g/mol. The first kappa shape index (κ1) is 23.0. The third kappa shape index (κ3) is 4.62. The largest absolute Gasteiger partial charge is 0.488 e. The van der Waals surface area contributed by atoms with Gasteiger partial charge >= 0.3 is 0 Å². The Morgan fingerprint density at radius 3 is 2.66 bits per heavy atom. The van der Waals surface area contributed by atoms with Crippen molar-refractivity contribution >= 4 is 28.3 Å². The fourth-order valence-corrected chi connectivity index (χ4v) is 5.13. The molecule has 3 aromatic rings. The van der Waals surface area contributed by atoms with Crippen molar-refractivity contribution in [2.45, 2.75) is 18.6 Å². The van der Waals surface area contributed by atoms with Crippen molar-refractivity contribution < 1.29 is 19.5 Å². The molecule has 35 heavy (non-hydrogen) atoms. The maximum Gasteiger partial charge on any atom is 0.248 e. The lowest BCUT2D eigenvalue weighted by molar-refractivity contribution is -0.150. The van der Waals surface area contributed by atoms with E-state index in [9.17, 15) is 14.8 Å². The van der Waals surface area contributed by atoms with E-state index in [1.807, 2.05) is 72.6 Å². The second-order valence-corrected chi connectivity index (χ2v) is 9.08. The molecule has 0 bridgehead atoms. The molecule has 3 atom stereocenters. The number of carbonyl (C=O) groups excluding carboxylic acids is 2. The molecule has 2 aliphatic rings. The van der Waals surface area contributed by atoms with Crippen molar-refractivity contribution in [2.75, 3.05) is 26.7 Å². The fourth-order valence-electron chi connectivity index (χ4n) is 5.13. The fraction of sp³-hybridized carbons (Fsp3) is 0.296. The van der Waals surface area contributed by atoms with Gasteiger partial charge < -0.3 is 9.64 Å².